The van der Waals surface area contributed by atoms with Crippen molar-refractivity contribution >= 4 is 17.5 Å². The second-order valence-corrected chi connectivity index (χ2v) is 6.40. The summed E-state index contributed by atoms with van der Waals surface area (Å²) in [6, 6.07) is 12.7. The Kier molecular flexibility index (Phi) is 6.28. The van der Waals surface area contributed by atoms with E-state index >= 15 is 0 Å². The van der Waals surface area contributed by atoms with Crippen LogP contribution >= 0.6 is 0 Å². The van der Waals surface area contributed by atoms with E-state index in [-0.39, 0.29) is 23.2 Å². The number of nitrogens with zero attached hydrogens (tertiary/aromatic N) is 2. The maximum absolute atomic E-state index is 12.9. The molecule has 1 heterocycles. The first-order valence-corrected chi connectivity index (χ1v) is 8.56. The molecule has 2 amide bonds. The minimum atomic E-state index is -0.262. The third-order valence-corrected chi connectivity index (χ3v) is 3.75. The predicted octanol–water partition coefficient (Wildman–Crippen LogP) is 3.44. The van der Waals surface area contributed by atoms with E-state index in [1.54, 1.807) is 23.1 Å². The van der Waals surface area contributed by atoms with E-state index < -0.39 is 0 Å². The lowest BCUT2D eigenvalue weighted by atomic mass is 10.2. The summed E-state index contributed by atoms with van der Waals surface area (Å²) < 4.78 is 0. The number of carbonyl (C=O) groups is 2. The quantitative estimate of drug-likeness (QED) is 0.877. The second kappa shape index (κ2) is 8.42. The van der Waals surface area contributed by atoms with Crippen LogP contribution in [0, 0.1) is 12.8 Å². The molecule has 2 aromatic rings. The van der Waals surface area contributed by atoms with Crippen LogP contribution in [-0.2, 0) is 0 Å². The zero-order chi connectivity index (χ0) is 18.4. The molecule has 1 aromatic heterocycles. The molecule has 0 bridgehead atoms. The molecular weight excluding hydrogens is 314 g/mol. The Morgan fingerprint density at radius 1 is 1.12 bits per heavy atom. The van der Waals surface area contributed by atoms with Crippen molar-refractivity contribution in [2.45, 2.75) is 27.7 Å². The average Bonchev–Trinajstić information content (AvgIpc) is 2.60. The summed E-state index contributed by atoms with van der Waals surface area (Å²) in [7, 11) is 0. The molecule has 0 saturated carbocycles. The Labute approximate surface area is 149 Å². The van der Waals surface area contributed by atoms with Gasteiger partial charge in [0.1, 0.15) is 11.4 Å². The summed E-state index contributed by atoms with van der Waals surface area (Å²) >= 11 is 0. The standard InChI is InChI=1S/C20H25N3O2/c1-5-23(16-9-6-8-15(4)12-16)20(25)18-11-7-10-17(22-18)19(24)21-13-14(2)3/h6-12,14H,5,13H2,1-4H3,(H,21,24). The summed E-state index contributed by atoms with van der Waals surface area (Å²) in [5.74, 6) is -0.126. The molecule has 5 nitrogen and oxygen atoms in total. The summed E-state index contributed by atoms with van der Waals surface area (Å²) in [4.78, 5) is 31.0. The van der Waals surface area contributed by atoms with E-state index in [4.69, 9.17) is 0 Å². The molecule has 0 unspecified atom stereocenters. The fraction of sp³-hybridized carbons (Fsp3) is 0.350. The molecule has 0 aliphatic rings. The number of hydrogen-bond acceptors (Lipinski definition) is 3. The van der Waals surface area contributed by atoms with Crippen molar-refractivity contribution in [3.8, 4) is 0 Å². The average molecular weight is 339 g/mol. The van der Waals surface area contributed by atoms with E-state index in [1.165, 1.54) is 0 Å². The lowest BCUT2D eigenvalue weighted by molar-refractivity contribution is 0.0943. The number of rotatable bonds is 6. The molecule has 0 saturated heterocycles. The van der Waals surface area contributed by atoms with Crippen molar-refractivity contribution in [2.24, 2.45) is 5.92 Å². The van der Waals surface area contributed by atoms with Gasteiger partial charge in [-0.05, 0) is 49.6 Å². The van der Waals surface area contributed by atoms with Gasteiger partial charge in [0.15, 0.2) is 0 Å². The van der Waals surface area contributed by atoms with E-state index in [1.807, 2.05) is 52.0 Å². The molecule has 132 valence electrons. The van der Waals surface area contributed by atoms with Gasteiger partial charge in [-0.1, -0.05) is 32.0 Å². The van der Waals surface area contributed by atoms with Crippen LogP contribution in [0.15, 0.2) is 42.5 Å². The highest BCUT2D eigenvalue weighted by molar-refractivity contribution is 6.05. The first-order chi connectivity index (χ1) is 11.9. The zero-order valence-electron chi connectivity index (χ0n) is 15.2. The normalized spacial score (nSPS) is 10.6. The largest absolute Gasteiger partial charge is 0.350 e. The van der Waals surface area contributed by atoms with Crippen LogP contribution in [0.5, 0.6) is 0 Å². The van der Waals surface area contributed by atoms with Crippen molar-refractivity contribution in [1.29, 1.82) is 0 Å². The number of aryl methyl sites for hydroxylation is 1. The molecule has 0 fully saturated rings. The molecule has 5 heteroatoms. The van der Waals surface area contributed by atoms with Gasteiger partial charge in [0, 0.05) is 18.8 Å². The Hall–Kier alpha value is -2.69. The number of nitrogens with one attached hydrogen (secondary N) is 1. The maximum atomic E-state index is 12.9. The molecule has 1 N–H and O–H groups in total. The molecule has 0 radical (unpaired) electrons. The van der Waals surface area contributed by atoms with Crippen LogP contribution in [0.1, 0.15) is 47.3 Å². The number of benzene rings is 1. The smallest absolute Gasteiger partial charge is 0.276 e. The Morgan fingerprint density at radius 3 is 2.44 bits per heavy atom. The molecule has 0 aliphatic heterocycles. The number of amides is 2. The van der Waals surface area contributed by atoms with Gasteiger partial charge in [-0.15, -0.1) is 0 Å². The van der Waals surface area contributed by atoms with Gasteiger partial charge in [-0.25, -0.2) is 4.98 Å². The summed E-state index contributed by atoms with van der Waals surface area (Å²) in [6.45, 7) is 9.04. The van der Waals surface area contributed by atoms with E-state index in [0.717, 1.165) is 11.3 Å². The van der Waals surface area contributed by atoms with Crippen LogP contribution in [0.3, 0.4) is 0 Å². The van der Waals surface area contributed by atoms with Crippen molar-refractivity contribution in [2.75, 3.05) is 18.0 Å². The highest BCUT2D eigenvalue weighted by Gasteiger charge is 2.19. The number of anilines is 1. The van der Waals surface area contributed by atoms with Crippen LogP contribution in [-0.4, -0.2) is 29.9 Å². The van der Waals surface area contributed by atoms with Crippen molar-refractivity contribution < 1.29 is 9.59 Å². The fourth-order valence-electron chi connectivity index (χ4n) is 2.45. The van der Waals surface area contributed by atoms with Crippen LogP contribution in [0.2, 0.25) is 0 Å². The van der Waals surface area contributed by atoms with Crippen LogP contribution < -0.4 is 10.2 Å². The van der Waals surface area contributed by atoms with Gasteiger partial charge in [0.2, 0.25) is 0 Å². The first-order valence-electron chi connectivity index (χ1n) is 8.56. The molecule has 0 spiro atoms. The lowest BCUT2D eigenvalue weighted by Gasteiger charge is -2.21. The molecule has 2 rings (SSSR count). The van der Waals surface area contributed by atoms with Gasteiger partial charge in [-0.2, -0.15) is 0 Å². The summed E-state index contributed by atoms with van der Waals surface area (Å²) in [5.41, 5.74) is 2.43. The minimum Gasteiger partial charge on any atom is -0.350 e. The van der Waals surface area contributed by atoms with Crippen LogP contribution in [0.4, 0.5) is 5.69 Å². The Morgan fingerprint density at radius 2 is 1.80 bits per heavy atom. The predicted molar refractivity (Wildman–Crippen MR) is 99.9 cm³/mol. The third-order valence-electron chi connectivity index (χ3n) is 3.75. The lowest BCUT2D eigenvalue weighted by Crippen LogP contribution is -2.32. The highest BCUT2D eigenvalue weighted by Crippen LogP contribution is 2.18. The Balaban J connectivity index is 2.23. The zero-order valence-corrected chi connectivity index (χ0v) is 15.2. The molecule has 25 heavy (non-hydrogen) atoms. The molecule has 1 aromatic carbocycles. The SMILES string of the molecule is CCN(C(=O)c1cccc(C(=O)NCC(C)C)n1)c1cccc(C)c1. The van der Waals surface area contributed by atoms with E-state index in [0.29, 0.717) is 19.0 Å². The molecule has 0 atom stereocenters. The fourth-order valence-corrected chi connectivity index (χ4v) is 2.45. The van der Waals surface area contributed by atoms with Crippen LogP contribution in [0.25, 0.3) is 0 Å². The highest BCUT2D eigenvalue weighted by atomic mass is 16.2. The van der Waals surface area contributed by atoms with Gasteiger partial charge in [0.25, 0.3) is 11.8 Å². The second-order valence-electron chi connectivity index (χ2n) is 6.40. The number of pyridine rings is 1. The van der Waals surface area contributed by atoms with Gasteiger partial charge < -0.3 is 10.2 Å². The van der Waals surface area contributed by atoms with Gasteiger partial charge in [-0.3, -0.25) is 9.59 Å². The van der Waals surface area contributed by atoms with E-state index in [9.17, 15) is 9.59 Å². The minimum absolute atomic E-state index is 0.216. The first kappa shape index (κ1) is 18.6. The third kappa shape index (κ3) is 4.89. The van der Waals surface area contributed by atoms with Crippen molar-refractivity contribution in [1.82, 2.24) is 10.3 Å². The number of hydrogen-bond donors (Lipinski definition) is 1. The Bertz CT molecular complexity index is 756. The topological polar surface area (TPSA) is 62.3 Å². The molecule has 0 aliphatic carbocycles. The van der Waals surface area contributed by atoms with Crippen molar-refractivity contribution in [3.05, 3.63) is 59.4 Å². The van der Waals surface area contributed by atoms with Gasteiger partial charge >= 0.3 is 0 Å². The monoisotopic (exact) mass is 339 g/mol. The van der Waals surface area contributed by atoms with Crippen molar-refractivity contribution in [3.63, 3.8) is 0 Å². The maximum Gasteiger partial charge on any atom is 0.276 e. The number of aromatic nitrogens is 1. The van der Waals surface area contributed by atoms with Gasteiger partial charge in [0.05, 0.1) is 0 Å². The molecular formula is C20H25N3O2. The number of carbonyl (C=O) groups excluding carboxylic acids is 2. The summed E-state index contributed by atoms with van der Waals surface area (Å²) in [6.07, 6.45) is 0. The van der Waals surface area contributed by atoms with E-state index in [2.05, 4.69) is 10.3 Å². The summed E-state index contributed by atoms with van der Waals surface area (Å²) in [5, 5.41) is 2.82.